The molecule has 0 aromatic rings. The van der Waals surface area contributed by atoms with E-state index in [1.54, 1.807) is 12.3 Å². The number of carboxylic acid groups (broad SMARTS) is 1. The van der Waals surface area contributed by atoms with Crippen LogP contribution in [0.5, 0.6) is 0 Å². The molecule has 0 saturated carbocycles. The standard InChI is InChI=1S/C8H12N2O2/c1-2-9-7-5-6(8(11)12)3-4-10-7/h3-5,7,9-10H,2H2,1H3,(H,11,12). The topological polar surface area (TPSA) is 61.4 Å². The Morgan fingerprint density at radius 3 is 3.17 bits per heavy atom. The van der Waals surface area contributed by atoms with Crippen molar-refractivity contribution in [3.63, 3.8) is 0 Å². The number of likely N-dealkylation sites (N-methyl/N-ethyl adjacent to an activating group) is 1. The Labute approximate surface area is 71.0 Å². The van der Waals surface area contributed by atoms with Gasteiger partial charge < -0.3 is 10.4 Å². The fourth-order valence-corrected chi connectivity index (χ4v) is 1.01. The molecule has 4 heteroatoms. The van der Waals surface area contributed by atoms with Crippen LogP contribution >= 0.6 is 0 Å². The molecular weight excluding hydrogens is 156 g/mol. The third-order valence-electron chi connectivity index (χ3n) is 1.56. The molecular formula is C8H12N2O2. The first-order chi connectivity index (χ1) is 5.74. The monoisotopic (exact) mass is 168 g/mol. The lowest BCUT2D eigenvalue weighted by molar-refractivity contribution is -0.132. The zero-order valence-electron chi connectivity index (χ0n) is 6.87. The third-order valence-corrected chi connectivity index (χ3v) is 1.56. The Morgan fingerprint density at radius 2 is 2.58 bits per heavy atom. The number of nitrogens with one attached hydrogen (secondary N) is 2. The fourth-order valence-electron chi connectivity index (χ4n) is 1.01. The first kappa shape index (κ1) is 8.80. The van der Waals surface area contributed by atoms with Gasteiger partial charge in [-0.15, -0.1) is 0 Å². The summed E-state index contributed by atoms with van der Waals surface area (Å²) in [6.45, 7) is 2.77. The van der Waals surface area contributed by atoms with Crippen LogP contribution in [0, 0.1) is 0 Å². The average Bonchev–Trinajstić information content (AvgIpc) is 2.05. The molecule has 12 heavy (non-hydrogen) atoms. The Bertz CT molecular complexity index is 233. The summed E-state index contributed by atoms with van der Waals surface area (Å²) >= 11 is 0. The lowest BCUT2D eigenvalue weighted by Crippen LogP contribution is -2.39. The van der Waals surface area contributed by atoms with E-state index in [1.807, 2.05) is 6.92 Å². The molecule has 0 radical (unpaired) electrons. The highest BCUT2D eigenvalue weighted by Crippen LogP contribution is 2.02. The van der Waals surface area contributed by atoms with Crippen molar-refractivity contribution in [2.24, 2.45) is 0 Å². The Morgan fingerprint density at radius 1 is 1.83 bits per heavy atom. The molecule has 66 valence electrons. The molecule has 0 aliphatic carbocycles. The van der Waals surface area contributed by atoms with E-state index >= 15 is 0 Å². The predicted octanol–water partition coefficient (Wildman–Crippen LogP) is 0.0499. The van der Waals surface area contributed by atoms with Gasteiger partial charge in [0.15, 0.2) is 0 Å². The maximum absolute atomic E-state index is 10.5. The van der Waals surface area contributed by atoms with E-state index < -0.39 is 5.97 Å². The highest BCUT2D eigenvalue weighted by Gasteiger charge is 2.10. The Balaban J connectivity index is 2.62. The molecule has 0 aromatic heterocycles. The average molecular weight is 168 g/mol. The molecule has 1 aliphatic rings. The van der Waals surface area contributed by atoms with Crippen LogP contribution in [0.25, 0.3) is 0 Å². The van der Waals surface area contributed by atoms with Crippen LogP contribution in [0.4, 0.5) is 0 Å². The molecule has 1 rings (SSSR count). The van der Waals surface area contributed by atoms with Crippen molar-refractivity contribution in [1.82, 2.24) is 10.6 Å². The van der Waals surface area contributed by atoms with Gasteiger partial charge in [-0.25, -0.2) is 4.79 Å². The van der Waals surface area contributed by atoms with Crippen molar-refractivity contribution < 1.29 is 9.90 Å². The highest BCUT2D eigenvalue weighted by molar-refractivity contribution is 5.90. The number of dihydropyridines is 1. The quantitative estimate of drug-likeness (QED) is 0.557. The zero-order valence-corrected chi connectivity index (χ0v) is 6.87. The number of rotatable bonds is 3. The third kappa shape index (κ3) is 2.10. The summed E-state index contributed by atoms with van der Waals surface area (Å²) in [6.07, 6.45) is 4.75. The van der Waals surface area contributed by atoms with E-state index in [2.05, 4.69) is 10.6 Å². The summed E-state index contributed by atoms with van der Waals surface area (Å²) in [4.78, 5) is 10.5. The van der Waals surface area contributed by atoms with Gasteiger partial charge in [-0.2, -0.15) is 0 Å². The van der Waals surface area contributed by atoms with Crippen molar-refractivity contribution >= 4 is 5.97 Å². The SMILES string of the molecule is CCNC1C=C(C(=O)O)C=CN1. The van der Waals surface area contributed by atoms with E-state index in [1.165, 1.54) is 6.08 Å². The zero-order chi connectivity index (χ0) is 8.97. The molecule has 0 amide bonds. The summed E-state index contributed by atoms with van der Waals surface area (Å²) in [5.41, 5.74) is 0.319. The van der Waals surface area contributed by atoms with Crippen molar-refractivity contribution in [1.29, 1.82) is 0 Å². The highest BCUT2D eigenvalue weighted by atomic mass is 16.4. The molecule has 0 spiro atoms. The predicted molar refractivity (Wildman–Crippen MR) is 45.5 cm³/mol. The van der Waals surface area contributed by atoms with E-state index in [4.69, 9.17) is 5.11 Å². The largest absolute Gasteiger partial charge is 0.478 e. The van der Waals surface area contributed by atoms with Gasteiger partial charge in [-0.3, -0.25) is 5.32 Å². The van der Waals surface area contributed by atoms with Crippen LogP contribution in [0.15, 0.2) is 23.9 Å². The number of carbonyl (C=O) groups is 1. The van der Waals surface area contributed by atoms with Gasteiger partial charge in [0.2, 0.25) is 0 Å². The van der Waals surface area contributed by atoms with Crippen LogP contribution < -0.4 is 10.6 Å². The summed E-state index contributed by atoms with van der Waals surface area (Å²) in [5.74, 6) is -0.893. The van der Waals surface area contributed by atoms with Gasteiger partial charge in [0.05, 0.1) is 11.7 Å². The van der Waals surface area contributed by atoms with Gasteiger partial charge in [-0.05, 0) is 24.9 Å². The van der Waals surface area contributed by atoms with Crippen LogP contribution in [0.3, 0.4) is 0 Å². The number of carboxylic acids is 1. The summed E-state index contributed by atoms with van der Waals surface area (Å²) in [5, 5.41) is 14.7. The first-order valence-electron chi connectivity index (χ1n) is 3.85. The first-order valence-corrected chi connectivity index (χ1v) is 3.85. The molecule has 1 aliphatic heterocycles. The Hall–Kier alpha value is -1.29. The minimum atomic E-state index is -0.893. The number of hydrogen-bond donors (Lipinski definition) is 3. The second-order valence-electron chi connectivity index (χ2n) is 2.46. The van der Waals surface area contributed by atoms with Gasteiger partial charge in [0.1, 0.15) is 0 Å². The van der Waals surface area contributed by atoms with Crippen molar-refractivity contribution in [2.45, 2.75) is 13.1 Å². The fraction of sp³-hybridized carbons (Fsp3) is 0.375. The van der Waals surface area contributed by atoms with E-state index in [9.17, 15) is 4.79 Å². The molecule has 0 fully saturated rings. The van der Waals surface area contributed by atoms with Crippen LogP contribution in [0.2, 0.25) is 0 Å². The minimum Gasteiger partial charge on any atom is -0.478 e. The second-order valence-corrected chi connectivity index (χ2v) is 2.46. The maximum atomic E-state index is 10.5. The lowest BCUT2D eigenvalue weighted by atomic mass is 10.2. The van der Waals surface area contributed by atoms with Crippen molar-refractivity contribution in [3.8, 4) is 0 Å². The molecule has 1 atom stereocenters. The smallest absolute Gasteiger partial charge is 0.335 e. The van der Waals surface area contributed by atoms with E-state index in [0.717, 1.165) is 6.54 Å². The van der Waals surface area contributed by atoms with Gasteiger partial charge >= 0.3 is 5.97 Å². The maximum Gasteiger partial charge on any atom is 0.335 e. The van der Waals surface area contributed by atoms with Gasteiger partial charge in [0.25, 0.3) is 0 Å². The number of hydrogen-bond acceptors (Lipinski definition) is 3. The van der Waals surface area contributed by atoms with Crippen molar-refractivity contribution in [2.75, 3.05) is 6.54 Å². The number of aliphatic carboxylic acids is 1. The molecule has 0 saturated heterocycles. The molecule has 0 bridgehead atoms. The van der Waals surface area contributed by atoms with Crippen molar-refractivity contribution in [3.05, 3.63) is 23.9 Å². The molecule has 1 heterocycles. The molecule has 0 aromatic carbocycles. The van der Waals surface area contributed by atoms with E-state index in [-0.39, 0.29) is 6.17 Å². The second kappa shape index (κ2) is 3.92. The van der Waals surface area contributed by atoms with Crippen LogP contribution in [-0.4, -0.2) is 23.8 Å². The van der Waals surface area contributed by atoms with Crippen LogP contribution in [0.1, 0.15) is 6.92 Å². The summed E-state index contributed by atoms with van der Waals surface area (Å²) in [7, 11) is 0. The lowest BCUT2D eigenvalue weighted by Gasteiger charge is -2.17. The normalized spacial score (nSPS) is 21.4. The molecule has 3 N–H and O–H groups in total. The van der Waals surface area contributed by atoms with E-state index in [0.29, 0.717) is 5.57 Å². The molecule has 1 unspecified atom stereocenters. The van der Waals surface area contributed by atoms with Gasteiger partial charge in [-0.1, -0.05) is 6.92 Å². The minimum absolute atomic E-state index is 0.0638. The summed E-state index contributed by atoms with van der Waals surface area (Å²) < 4.78 is 0. The Kier molecular flexibility index (Phi) is 2.88. The molecule has 4 nitrogen and oxygen atoms in total. The van der Waals surface area contributed by atoms with Crippen LogP contribution in [-0.2, 0) is 4.79 Å². The van der Waals surface area contributed by atoms with Gasteiger partial charge in [0, 0.05) is 0 Å². The summed E-state index contributed by atoms with van der Waals surface area (Å²) in [6, 6.07) is 0.